The Bertz CT molecular complexity index is 508. The molecule has 2 rings (SSSR count). The van der Waals surface area contributed by atoms with E-state index in [0.717, 1.165) is 5.56 Å². The molecular weight excluding hydrogens is 259 g/mol. The monoisotopic (exact) mass is 271 g/mol. The van der Waals surface area contributed by atoms with Gasteiger partial charge < -0.3 is 10.0 Å². The average molecular weight is 271 g/mol. The molecule has 0 radical (unpaired) electrons. The third-order valence-electron chi connectivity index (χ3n) is 2.95. The van der Waals surface area contributed by atoms with Crippen molar-refractivity contribution in [2.24, 2.45) is 0 Å². The number of hydrogen-bond donors (Lipinski definition) is 1. The summed E-state index contributed by atoms with van der Waals surface area (Å²) in [5, 5.41) is 9.05. The predicted octanol–water partition coefficient (Wildman–Crippen LogP) is 2.79. The molecule has 1 aromatic carbocycles. The molecule has 1 amide bonds. The molecule has 0 atom stereocenters. The fraction of sp³-hybridized carbons (Fsp3) is 0.308. The number of nitrogens with zero attached hydrogens (tertiary/aromatic N) is 1. The molecule has 19 heavy (non-hydrogen) atoms. The first-order valence-corrected chi connectivity index (χ1v) is 5.72. The highest BCUT2D eigenvalue weighted by atomic mass is 19.4. The summed E-state index contributed by atoms with van der Waals surface area (Å²) in [5.41, 5.74) is 0.284. The summed E-state index contributed by atoms with van der Waals surface area (Å²) in [6.45, 7) is 0.428. The van der Waals surface area contributed by atoms with Crippen LogP contribution < -0.4 is 0 Å². The largest absolute Gasteiger partial charge is 0.504 e. The number of halogens is 3. The molecule has 1 aliphatic rings. The lowest BCUT2D eigenvalue weighted by atomic mass is 10.2. The molecule has 0 aromatic heterocycles. The Morgan fingerprint density at radius 2 is 1.89 bits per heavy atom. The Kier molecular flexibility index (Phi) is 3.50. The highest BCUT2D eigenvalue weighted by Gasteiger charge is 2.41. The zero-order valence-corrected chi connectivity index (χ0v) is 9.94. The van der Waals surface area contributed by atoms with Crippen LogP contribution in [0.4, 0.5) is 13.2 Å². The second-order valence-electron chi connectivity index (χ2n) is 4.29. The van der Waals surface area contributed by atoms with E-state index in [2.05, 4.69) is 0 Å². The highest BCUT2D eigenvalue weighted by Crippen LogP contribution is 2.31. The molecule has 0 bridgehead atoms. The van der Waals surface area contributed by atoms with Gasteiger partial charge in [0.25, 0.3) is 5.91 Å². The maximum Gasteiger partial charge on any atom is 0.449 e. The molecule has 102 valence electrons. The van der Waals surface area contributed by atoms with Crippen LogP contribution in [0.2, 0.25) is 0 Å². The molecule has 3 nitrogen and oxygen atoms in total. The lowest BCUT2D eigenvalue weighted by Crippen LogP contribution is -2.26. The summed E-state index contributed by atoms with van der Waals surface area (Å²) < 4.78 is 37.0. The van der Waals surface area contributed by atoms with Crippen molar-refractivity contribution in [3.05, 3.63) is 47.2 Å². The SMILES string of the molecule is O=C1/C(=C(/O)C(F)(F)F)CCN1Cc1ccccc1. The molecule has 0 saturated carbocycles. The molecule has 1 heterocycles. The molecule has 1 N–H and O–H groups in total. The quantitative estimate of drug-likeness (QED) is 0.663. The normalized spacial score (nSPS) is 18.9. The van der Waals surface area contributed by atoms with Crippen LogP contribution in [0.3, 0.4) is 0 Å². The van der Waals surface area contributed by atoms with Crippen LogP contribution in [0.5, 0.6) is 0 Å². The summed E-state index contributed by atoms with van der Waals surface area (Å²) in [5.74, 6) is -2.52. The first kappa shape index (κ1) is 13.5. The number of rotatable bonds is 2. The molecule has 0 aliphatic carbocycles. The van der Waals surface area contributed by atoms with Gasteiger partial charge in [-0.05, 0) is 12.0 Å². The number of hydrogen-bond acceptors (Lipinski definition) is 2. The first-order chi connectivity index (χ1) is 8.89. The van der Waals surface area contributed by atoms with E-state index in [1.807, 2.05) is 6.07 Å². The number of alkyl halides is 3. The van der Waals surface area contributed by atoms with E-state index in [1.54, 1.807) is 24.3 Å². The van der Waals surface area contributed by atoms with Gasteiger partial charge in [-0.15, -0.1) is 0 Å². The van der Waals surface area contributed by atoms with E-state index in [4.69, 9.17) is 5.11 Å². The number of carbonyl (C=O) groups excluding carboxylic acids is 1. The van der Waals surface area contributed by atoms with Gasteiger partial charge in [0.2, 0.25) is 5.76 Å². The average Bonchev–Trinajstić information content (AvgIpc) is 2.70. The Morgan fingerprint density at radius 1 is 1.26 bits per heavy atom. The molecular formula is C13H12F3NO2. The number of aliphatic hydroxyl groups excluding tert-OH is 1. The van der Waals surface area contributed by atoms with Gasteiger partial charge in [0, 0.05) is 13.1 Å². The first-order valence-electron chi connectivity index (χ1n) is 5.72. The number of amides is 1. The molecule has 1 saturated heterocycles. The van der Waals surface area contributed by atoms with Crippen molar-refractivity contribution >= 4 is 5.91 Å². The van der Waals surface area contributed by atoms with Gasteiger partial charge in [0.15, 0.2) is 0 Å². The van der Waals surface area contributed by atoms with Gasteiger partial charge >= 0.3 is 6.18 Å². The second-order valence-corrected chi connectivity index (χ2v) is 4.29. The smallest absolute Gasteiger partial charge is 0.449 e. The Balaban J connectivity index is 2.15. The van der Waals surface area contributed by atoms with E-state index in [0.29, 0.717) is 0 Å². The van der Waals surface area contributed by atoms with Crippen LogP contribution in [-0.4, -0.2) is 28.6 Å². The van der Waals surface area contributed by atoms with E-state index >= 15 is 0 Å². The molecule has 0 spiro atoms. The number of likely N-dealkylation sites (tertiary alicyclic amines) is 1. The van der Waals surface area contributed by atoms with Crippen molar-refractivity contribution < 1.29 is 23.1 Å². The fourth-order valence-electron chi connectivity index (χ4n) is 1.99. The van der Waals surface area contributed by atoms with Crippen molar-refractivity contribution in [1.82, 2.24) is 4.90 Å². The predicted molar refractivity (Wildman–Crippen MR) is 62.2 cm³/mol. The van der Waals surface area contributed by atoms with Gasteiger partial charge in [-0.3, -0.25) is 4.79 Å². The molecule has 6 heteroatoms. The zero-order chi connectivity index (χ0) is 14.0. The van der Waals surface area contributed by atoms with E-state index in [9.17, 15) is 18.0 Å². The topological polar surface area (TPSA) is 40.5 Å². The Hall–Kier alpha value is -1.98. The fourth-order valence-corrected chi connectivity index (χ4v) is 1.99. The third kappa shape index (κ3) is 2.89. The minimum atomic E-state index is -4.87. The summed E-state index contributed by atoms with van der Waals surface area (Å²) in [6, 6.07) is 8.98. The standard InChI is InChI=1S/C13H12F3NO2/c14-13(15,16)11(18)10-6-7-17(12(10)19)8-9-4-2-1-3-5-9/h1-5,18H,6-8H2/b11-10+. The van der Waals surface area contributed by atoms with Crippen LogP contribution >= 0.6 is 0 Å². The number of aliphatic hydroxyl groups is 1. The van der Waals surface area contributed by atoms with Gasteiger partial charge in [-0.1, -0.05) is 30.3 Å². The van der Waals surface area contributed by atoms with Crippen LogP contribution in [0.1, 0.15) is 12.0 Å². The van der Waals surface area contributed by atoms with Gasteiger partial charge in [0.1, 0.15) is 0 Å². The summed E-state index contributed by atoms with van der Waals surface area (Å²) >= 11 is 0. The third-order valence-corrected chi connectivity index (χ3v) is 2.95. The van der Waals surface area contributed by atoms with Gasteiger partial charge in [-0.25, -0.2) is 0 Å². The van der Waals surface area contributed by atoms with Crippen molar-refractivity contribution in [3.8, 4) is 0 Å². The number of allylic oxidation sites excluding steroid dienone is 1. The maximum atomic E-state index is 12.3. The lowest BCUT2D eigenvalue weighted by Gasteiger charge is -2.15. The second kappa shape index (κ2) is 4.95. The summed E-state index contributed by atoms with van der Waals surface area (Å²) in [6.07, 6.45) is -4.95. The van der Waals surface area contributed by atoms with Gasteiger partial charge in [0.05, 0.1) is 5.57 Å². The number of benzene rings is 1. The molecule has 1 aliphatic heterocycles. The minimum Gasteiger partial charge on any atom is -0.504 e. The minimum absolute atomic E-state index is 0.0863. The Labute approximate surface area is 108 Å². The van der Waals surface area contributed by atoms with Crippen molar-refractivity contribution in [3.63, 3.8) is 0 Å². The van der Waals surface area contributed by atoms with Crippen LogP contribution in [0.15, 0.2) is 41.7 Å². The maximum absolute atomic E-state index is 12.3. The van der Waals surface area contributed by atoms with Crippen molar-refractivity contribution in [1.29, 1.82) is 0 Å². The molecule has 1 fully saturated rings. The van der Waals surface area contributed by atoms with E-state index in [1.165, 1.54) is 4.90 Å². The Morgan fingerprint density at radius 3 is 2.47 bits per heavy atom. The van der Waals surface area contributed by atoms with Crippen molar-refractivity contribution in [2.75, 3.05) is 6.54 Å². The molecule has 1 aromatic rings. The van der Waals surface area contributed by atoms with Gasteiger partial charge in [-0.2, -0.15) is 13.2 Å². The highest BCUT2D eigenvalue weighted by molar-refractivity contribution is 5.96. The van der Waals surface area contributed by atoms with E-state index < -0.39 is 23.4 Å². The summed E-state index contributed by atoms with van der Waals surface area (Å²) in [7, 11) is 0. The lowest BCUT2D eigenvalue weighted by molar-refractivity contribution is -0.131. The summed E-state index contributed by atoms with van der Waals surface area (Å²) in [4.78, 5) is 13.1. The zero-order valence-electron chi connectivity index (χ0n) is 9.94. The van der Waals surface area contributed by atoms with Crippen LogP contribution in [0.25, 0.3) is 0 Å². The van der Waals surface area contributed by atoms with Crippen LogP contribution in [0, 0.1) is 0 Å². The molecule has 0 unspecified atom stereocenters. The number of carbonyl (C=O) groups is 1. The van der Waals surface area contributed by atoms with Crippen LogP contribution in [-0.2, 0) is 11.3 Å². The van der Waals surface area contributed by atoms with Crippen molar-refractivity contribution in [2.45, 2.75) is 19.1 Å². The van der Waals surface area contributed by atoms with E-state index in [-0.39, 0.29) is 19.5 Å².